The lowest BCUT2D eigenvalue weighted by Gasteiger charge is -2.19. The van der Waals surface area contributed by atoms with E-state index in [0.29, 0.717) is 11.5 Å². The van der Waals surface area contributed by atoms with Gasteiger partial charge in [0.25, 0.3) is 0 Å². The first kappa shape index (κ1) is 21.6. The van der Waals surface area contributed by atoms with Crippen LogP contribution >= 0.6 is 0 Å². The molecule has 0 heterocycles. The first-order chi connectivity index (χ1) is 13.0. The van der Waals surface area contributed by atoms with Crippen molar-refractivity contribution in [3.05, 3.63) is 96.5 Å². The van der Waals surface area contributed by atoms with E-state index in [9.17, 15) is 0 Å². The quantitative estimate of drug-likeness (QED) is 0.388. The summed E-state index contributed by atoms with van der Waals surface area (Å²) in [5, 5.41) is 0. The number of benzene rings is 2. The third-order valence-corrected chi connectivity index (χ3v) is 4.43. The van der Waals surface area contributed by atoms with Crippen LogP contribution in [0.2, 0.25) is 0 Å². The van der Waals surface area contributed by atoms with Gasteiger partial charge in [-0.25, -0.2) is 0 Å². The molecule has 2 aromatic rings. The summed E-state index contributed by atoms with van der Waals surface area (Å²) in [6.45, 7) is 20.9. The molecule has 0 amide bonds. The van der Waals surface area contributed by atoms with Crippen LogP contribution in [-0.2, 0) is 10.8 Å². The highest BCUT2D eigenvalue weighted by molar-refractivity contribution is 5.36. The normalized spacial score (nSPS) is 12.4. The highest BCUT2D eigenvalue weighted by atomic mass is 16.5. The van der Waals surface area contributed by atoms with Crippen molar-refractivity contribution in [1.29, 1.82) is 0 Å². The fraction of sp³-hybridized carbons (Fsp3) is 0.308. The zero-order chi connectivity index (χ0) is 20.9. The van der Waals surface area contributed by atoms with Gasteiger partial charge in [0.2, 0.25) is 0 Å². The zero-order valence-corrected chi connectivity index (χ0v) is 18.0. The lowest BCUT2D eigenvalue weighted by molar-refractivity contribution is 0.420. The van der Waals surface area contributed by atoms with Gasteiger partial charge in [-0.15, -0.1) is 0 Å². The summed E-state index contributed by atoms with van der Waals surface area (Å²) in [6.07, 6.45) is 3.39. The van der Waals surface area contributed by atoms with Crippen LogP contribution in [0.4, 0.5) is 0 Å². The van der Waals surface area contributed by atoms with Crippen molar-refractivity contribution >= 4 is 0 Å². The summed E-state index contributed by atoms with van der Waals surface area (Å²) in [6, 6.07) is 16.2. The molecule has 0 aliphatic heterocycles. The SMILES string of the molecule is C=CC(=CC(=C)Oc1ccc(C(C)(C)C)cc1)Oc1ccc(C(C)(C)C)cc1. The second kappa shape index (κ2) is 8.52. The van der Waals surface area contributed by atoms with Gasteiger partial charge in [-0.3, -0.25) is 0 Å². The Morgan fingerprint density at radius 3 is 1.46 bits per heavy atom. The molecule has 2 heteroatoms. The third kappa shape index (κ3) is 6.16. The Kier molecular flexibility index (Phi) is 6.56. The van der Waals surface area contributed by atoms with Crippen LogP contribution < -0.4 is 9.47 Å². The maximum atomic E-state index is 5.91. The first-order valence-corrected chi connectivity index (χ1v) is 9.59. The van der Waals surface area contributed by atoms with E-state index in [1.807, 2.05) is 24.3 Å². The molecule has 0 saturated heterocycles. The summed E-state index contributed by atoms with van der Waals surface area (Å²) in [5.74, 6) is 2.57. The highest BCUT2D eigenvalue weighted by Crippen LogP contribution is 2.26. The lowest BCUT2D eigenvalue weighted by Crippen LogP contribution is -2.10. The van der Waals surface area contributed by atoms with E-state index in [2.05, 4.69) is 79.0 Å². The molecule has 0 fully saturated rings. The Balaban J connectivity index is 2.05. The average molecular weight is 377 g/mol. The maximum absolute atomic E-state index is 5.91. The number of allylic oxidation sites excluding steroid dienone is 2. The number of ether oxygens (including phenoxy) is 2. The summed E-state index contributed by atoms with van der Waals surface area (Å²) in [4.78, 5) is 0. The fourth-order valence-electron chi connectivity index (χ4n) is 2.65. The van der Waals surface area contributed by atoms with Crippen molar-refractivity contribution in [3.63, 3.8) is 0 Å². The molecule has 28 heavy (non-hydrogen) atoms. The Morgan fingerprint density at radius 2 is 1.11 bits per heavy atom. The molecule has 148 valence electrons. The van der Waals surface area contributed by atoms with Gasteiger partial charge in [-0.2, -0.15) is 0 Å². The van der Waals surface area contributed by atoms with Crippen molar-refractivity contribution in [2.75, 3.05) is 0 Å². The first-order valence-electron chi connectivity index (χ1n) is 9.59. The summed E-state index contributed by atoms with van der Waals surface area (Å²) < 4.78 is 11.7. The van der Waals surface area contributed by atoms with E-state index in [0.717, 1.165) is 11.5 Å². The Morgan fingerprint density at radius 1 is 0.714 bits per heavy atom. The number of hydrogen-bond acceptors (Lipinski definition) is 2. The molecule has 0 bridgehead atoms. The highest BCUT2D eigenvalue weighted by Gasteiger charge is 2.14. The van der Waals surface area contributed by atoms with Crippen molar-refractivity contribution in [2.24, 2.45) is 0 Å². The van der Waals surface area contributed by atoms with E-state index in [1.165, 1.54) is 11.1 Å². The minimum absolute atomic E-state index is 0.111. The molecule has 0 radical (unpaired) electrons. The maximum Gasteiger partial charge on any atom is 0.130 e. The van der Waals surface area contributed by atoms with Crippen molar-refractivity contribution in [3.8, 4) is 11.5 Å². The predicted octanol–water partition coefficient (Wildman–Crippen LogP) is 7.32. The Hall–Kier alpha value is -2.74. The summed E-state index contributed by atoms with van der Waals surface area (Å²) >= 11 is 0. The van der Waals surface area contributed by atoms with Crippen LogP contribution in [0, 0.1) is 0 Å². The van der Waals surface area contributed by atoms with Gasteiger partial charge in [0.1, 0.15) is 23.0 Å². The average Bonchev–Trinajstić information content (AvgIpc) is 2.60. The molecule has 0 aromatic heterocycles. The number of hydrogen-bond donors (Lipinski definition) is 0. The van der Waals surface area contributed by atoms with Gasteiger partial charge in [0.15, 0.2) is 0 Å². The van der Waals surface area contributed by atoms with E-state index in [1.54, 1.807) is 12.2 Å². The minimum atomic E-state index is 0.111. The van der Waals surface area contributed by atoms with Crippen LogP contribution in [0.25, 0.3) is 0 Å². The molecule has 0 N–H and O–H groups in total. The molecular formula is C26H32O2. The van der Waals surface area contributed by atoms with Crippen LogP contribution in [0.15, 0.2) is 85.4 Å². The van der Waals surface area contributed by atoms with Crippen molar-refractivity contribution in [1.82, 2.24) is 0 Å². The topological polar surface area (TPSA) is 18.5 Å². The molecule has 0 spiro atoms. The monoisotopic (exact) mass is 376 g/mol. The van der Waals surface area contributed by atoms with E-state index < -0.39 is 0 Å². The van der Waals surface area contributed by atoms with Crippen LogP contribution in [-0.4, -0.2) is 0 Å². The van der Waals surface area contributed by atoms with Crippen LogP contribution in [0.5, 0.6) is 11.5 Å². The molecule has 0 aliphatic carbocycles. The van der Waals surface area contributed by atoms with Gasteiger partial charge >= 0.3 is 0 Å². The molecule has 2 aromatic carbocycles. The second-order valence-corrected chi connectivity index (χ2v) is 8.97. The Labute approximate surface area is 170 Å². The molecule has 0 saturated carbocycles. The molecule has 2 rings (SSSR count). The molecule has 0 aliphatic rings. The number of rotatable bonds is 6. The van der Waals surface area contributed by atoms with Gasteiger partial charge in [0, 0.05) is 6.08 Å². The van der Waals surface area contributed by atoms with Gasteiger partial charge in [0.05, 0.1) is 0 Å². The van der Waals surface area contributed by atoms with Gasteiger partial charge in [-0.05, 0) is 52.3 Å². The molecule has 0 atom stereocenters. The molecule has 2 nitrogen and oxygen atoms in total. The van der Waals surface area contributed by atoms with Gasteiger partial charge < -0.3 is 9.47 Å². The minimum Gasteiger partial charge on any atom is -0.458 e. The van der Waals surface area contributed by atoms with Gasteiger partial charge in [-0.1, -0.05) is 79.0 Å². The Bertz CT molecular complexity index is 839. The zero-order valence-electron chi connectivity index (χ0n) is 18.0. The third-order valence-electron chi connectivity index (χ3n) is 4.43. The van der Waals surface area contributed by atoms with Crippen LogP contribution in [0.3, 0.4) is 0 Å². The fourth-order valence-corrected chi connectivity index (χ4v) is 2.65. The van der Waals surface area contributed by atoms with Crippen molar-refractivity contribution < 1.29 is 9.47 Å². The molecule has 0 unspecified atom stereocenters. The standard InChI is InChI=1S/C26H32O2/c1-9-22(28-24-16-12-21(13-17-24)26(6,7)8)18-19(2)27-23-14-10-20(11-15-23)25(3,4)5/h9-18H,1-2H2,3-8H3. The molecular weight excluding hydrogens is 344 g/mol. The second-order valence-electron chi connectivity index (χ2n) is 8.97. The smallest absolute Gasteiger partial charge is 0.130 e. The largest absolute Gasteiger partial charge is 0.458 e. The summed E-state index contributed by atoms with van der Waals surface area (Å²) in [5.41, 5.74) is 2.74. The van der Waals surface area contributed by atoms with Crippen LogP contribution in [0.1, 0.15) is 52.7 Å². The van der Waals surface area contributed by atoms with E-state index in [-0.39, 0.29) is 10.8 Å². The van der Waals surface area contributed by atoms with Crippen molar-refractivity contribution in [2.45, 2.75) is 52.4 Å². The lowest BCUT2D eigenvalue weighted by atomic mass is 9.87. The summed E-state index contributed by atoms with van der Waals surface area (Å²) in [7, 11) is 0. The van der Waals surface area contributed by atoms with E-state index >= 15 is 0 Å². The van der Waals surface area contributed by atoms with E-state index in [4.69, 9.17) is 9.47 Å². The predicted molar refractivity (Wildman–Crippen MR) is 119 cm³/mol.